The molecule has 2 amide bonds. The first-order chi connectivity index (χ1) is 10.2. The third-order valence-electron chi connectivity index (χ3n) is 6.79. The van der Waals surface area contributed by atoms with Crippen molar-refractivity contribution in [1.82, 2.24) is 4.90 Å². The van der Waals surface area contributed by atoms with Crippen LogP contribution in [0.3, 0.4) is 0 Å². The molecule has 0 N–H and O–H groups in total. The molecule has 0 unspecified atom stereocenters. The molecule has 2 bridgehead atoms. The van der Waals surface area contributed by atoms with Crippen LogP contribution in [0.25, 0.3) is 0 Å². The Balaban J connectivity index is 1.71. The molecule has 5 heteroatoms. The summed E-state index contributed by atoms with van der Waals surface area (Å²) in [4.78, 5) is 37.0. The average Bonchev–Trinajstić information content (AvgIpc) is 2.95. The molecule has 1 heterocycles. The van der Waals surface area contributed by atoms with Crippen molar-refractivity contribution in [2.45, 2.75) is 71.9 Å². The largest absolute Gasteiger partial charge is 0.460 e. The minimum absolute atomic E-state index is 0.00786. The normalized spacial score (nSPS) is 37.7. The lowest BCUT2D eigenvalue weighted by molar-refractivity contribution is -0.167. The zero-order valence-electron chi connectivity index (χ0n) is 13.8. The van der Waals surface area contributed by atoms with Crippen molar-refractivity contribution in [2.75, 3.05) is 0 Å². The first kappa shape index (κ1) is 15.5. The number of fused-ring (bicyclic) bond motifs is 2. The second kappa shape index (κ2) is 4.80. The monoisotopic (exact) mass is 307 g/mol. The molecular weight excluding hydrogens is 282 g/mol. The fraction of sp³-hybridized carbons (Fsp3) is 0.824. The summed E-state index contributed by atoms with van der Waals surface area (Å²) in [7, 11) is 0. The predicted octanol–water partition coefficient (Wildman–Crippen LogP) is 2.28. The van der Waals surface area contributed by atoms with Crippen LogP contribution in [0, 0.1) is 16.7 Å². The van der Waals surface area contributed by atoms with Crippen molar-refractivity contribution in [2.24, 2.45) is 16.7 Å². The van der Waals surface area contributed by atoms with Gasteiger partial charge in [-0.15, -0.1) is 0 Å². The van der Waals surface area contributed by atoms with Crippen LogP contribution in [-0.2, 0) is 19.1 Å². The summed E-state index contributed by atoms with van der Waals surface area (Å²) in [5.74, 6) is -0.401. The summed E-state index contributed by atoms with van der Waals surface area (Å²) >= 11 is 0. The molecule has 2 saturated carbocycles. The highest BCUT2D eigenvalue weighted by molar-refractivity contribution is 6.04. The molecule has 5 nitrogen and oxygen atoms in total. The number of ether oxygens (including phenoxy) is 1. The van der Waals surface area contributed by atoms with Gasteiger partial charge in [0.1, 0.15) is 12.1 Å². The van der Waals surface area contributed by atoms with Gasteiger partial charge in [0, 0.05) is 18.3 Å². The van der Waals surface area contributed by atoms with E-state index in [1.165, 1.54) is 6.42 Å². The SMILES string of the molecule is C[C@@H](C(=O)O[C@@H]1C[C@@H]2CC[C@@]1(C)C2(C)C)N1C(=O)CCC1=O. The van der Waals surface area contributed by atoms with Crippen LogP contribution in [0.4, 0.5) is 0 Å². The Kier molecular flexibility index (Phi) is 3.38. The molecule has 0 aromatic heterocycles. The minimum atomic E-state index is -0.812. The lowest BCUT2D eigenvalue weighted by atomic mass is 9.70. The molecule has 3 rings (SSSR count). The number of esters is 1. The van der Waals surface area contributed by atoms with Crippen LogP contribution >= 0.6 is 0 Å². The van der Waals surface area contributed by atoms with E-state index >= 15 is 0 Å². The lowest BCUT2D eigenvalue weighted by Gasteiger charge is -2.39. The highest BCUT2D eigenvalue weighted by atomic mass is 16.5. The van der Waals surface area contributed by atoms with E-state index in [1.807, 2.05) is 0 Å². The van der Waals surface area contributed by atoms with Gasteiger partial charge in [0.25, 0.3) is 0 Å². The number of amides is 2. The van der Waals surface area contributed by atoms with Crippen LogP contribution in [-0.4, -0.2) is 34.8 Å². The van der Waals surface area contributed by atoms with Gasteiger partial charge in [-0.2, -0.15) is 0 Å². The summed E-state index contributed by atoms with van der Waals surface area (Å²) in [6.07, 6.45) is 3.45. The second-order valence-corrected chi connectivity index (χ2v) is 7.87. The first-order valence-electron chi connectivity index (χ1n) is 8.24. The van der Waals surface area contributed by atoms with Crippen molar-refractivity contribution in [1.29, 1.82) is 0 Å². The number of hydrogen-bond donors (Lipinski definition) is 0. The van der Waals surface area contributed by atoms with E-state index in [0.29, 0.717) is 5.92 Å². The van der Waals surface area contributed by atoms with Crippen LogP contribution in [0.1, 0.15) is 59.8 Å². The van der Waals surface area contributed by atoms with Crippen molar-refractivity contribution in [3.8, 4) is 0 Å². The zero-order valence-corrected chi connectivity index (χ0v) is 13.8. The highest BCUT2D eigenvalue weighted by Gasteiger charge is 2.63. The Hall–Kier alpha value is -1.39. The molecule has 1 saturated heterocycles. The number of likely N-dealkylation sites (tertiary alicyclic amines) is 1. The van der Waals surface area contributed by atoms with Crippen LogP contribution in [0.2, 0.25) is 0 Å². The third kappa shape index (κ3) is 1.94. The van der Waals surface area contributed by atoms with Gasteiger partial charge in [-0.05, 0) is 37.5 Å². The molecule has 0 radical (unpaired) electrons. The summed E-state index contributed by atoms with van der Waals surface area (Å²) in [6.45, 7) is 8.31. The summed E-state index contributed by atoms with van der Waals surface area (Å²) < 4.78 is 5.77. The molecule has 122 valence electrons. The van der Waals surface area contributed by atoms with E-state index in [4.69, 9.17) is 4.74 Å². The number of rotatable bonds is 3. The van der Waals surface area contributed by atoms with E-state index in [1.54, 1.807) is 6.92 Å². The molecule has 2 aliphatic carbocycles. The first-order valence-corrected chi connectivity index (χ1v) is 8.24. The molecule has 0 aromatic rings. The topological polar surface area (TPSA) is 63.7 Å². The Bertz CT molecular complexity index is 525. The van der Waals surface area contributed by atoms with Crippen LogP contribution in [0.5, 0.6) is 0 Å². The number of nitrogens with zero attached hydrogens (tertiary/aromatic N) is 1. The maximum Gasteiger partial charge on any atom is 0.329 e. The van der Waals surface area contributed by atoms with Crippen molar-refractivity contribution >= 4 is 17.8 Å². The average molecular weight is 307 g/mol. The fourth-order valence-corrected chi connectivity index (χ4v) is 4.68. The molecule has 3 fully saturated rings. The Morgan fingerprint density at radius 1 is 1.23 bits per heavy atom. The molecule has 4 atom stereocenters. The smallest absolute Gasteiger partial charge is 0.329 e. The molecule has 0 spiro atoms. The lowest BCUT2D eigenvalue weighted by Crippen LogP contribution is -2.46. The maximum absolute atomic E-state index is 12.4. The number of carbonyl (C=O) groups excluding carboxylic acids is 3. The van der Waals surface area contributed by atoms with Crippen molar-refractivity contribution in [3.63, 3.8) is 0 Å². The van der Waals surface area contributed by atoms with Crippen molar-refractivity contribution < 1.29 is 19.1 Å². The van der Waals surface area contributed by atoms with Gasteiger partial charge in [0.2, 0.25) is 11.8 Å². The Labute approximate surface area is 131 Å². The summed E-state index contributed by atoms with van der Waals surface area (Å²) in [5, 5.41) is 0. The van der Waals surface area contributed by atoms with Gasteiger partial charge in [0.05, 0.1) is 0 Å². The molecule has 1 aliphatic heterocycles. The fourth-order valence-electron chi connectivity index (χ4n) is 4.68. The molecule has 3 aliphatic rings. The van der Waals surface area contributed by atoms with Gasteiger partial charge >= 0.3 is 5.97 Å². The molecular formula is C17H25NO4. The van der Waals surface area contributed by atoms with E-state index in [-0.39, 0.29) is 41.6 Å². The van der Waals surface area contributed by atoms with Gasteiger partial charge in [-0.3, -0.25) is 14.5 Å². The van der Waals surface area contributed by atoms with E-state index < -0.39 is 12.0 Å². The number of carbonyl (C=O) groups is 3. The van der Waals surface area contributed by atoms with Crippen LogP contribution in [0.15, 0.2) is 0 Å². The standard InChI is InChI=1S/C17H25NO4/c1-10(18-13(19)5-6-14(18)20)15(21)22-12-9-11-7-8-17(12,4)16(11,2)3/h10-12H,5-9H2,1-4H3/t10-,11-,12+,17+/m0/s1. The van der Waals surface area contributed by atoms with Crippen molar-refractivity contribution in [3.05, 3.63) is 0 Å². The summed E-state index contributed by atoms with van der Waals surface area (Å²) in [6, 6.07) is -0.812. The van der Waals surface area contributed by atoms with E-state index in [2.05, 4.69) is 20.8 Å². The molecule has 22 heavy (non-hydrogen) atoms. The summed E-state index contributed by atoms with van der Waals surface area (Å²) in [5.41, 5.74) is 0.159. The van der Waals surface area contributed by atoms with Gasteiger partial charge in [0.15, 0.2) is 0 Å². The minimum Gasteiger partial charge on any atom is -0.460 e. The predicted molar refractivity (Wildman–Crippen MR) is 79.7 cm³/mol. The number of hydrogen-bond acceptors (Lipinski definition) is 4. The number of imide groups is 1. The van der Waals surface area contributed by atoms with Gasteiger partial charge in [-0.1, -0.05) is 20.8 Å². The zero-order chi connectivity index (χ0) is 16.3. The third-order valence-corrected chi connectivity index (χ3v) is 6.79. The Morgan fingerprint density at radius 3 is 2.27 bits per heavy atom. The maximum atomic E-state index is 12.4. The second-order valence-electron chi connectivity index (χ2n) is 7.87. The molecule has 0 aromatic carbocycles. The van der Waals surface area contributed by atoms with E-state index in [9.17, 15) is 14.4 Å². The van der Waals surface area contributed by atoms with E-state index in [0.717, 1.165) is 17.7 Å². The Morgan fingerprint density at radius 2 is 1.82 bits per heavy atom. The highest BCUT2D eigenvalue weighted by Crippen LogP contribution is 2.66. The quantitative estimate of drug-likeness (QED) is 0.593. The van der Waals surface area contributed by atoms with Crippen LogP contribution < -0.4 is 0 Å². The van der Waals surface area contributed by atoms with Gasteiger partial charge in [-0.25, -0.2) is 4.79 Å². The van der Waals surface area contributed by atoms with Gasteiger partial charge < -0.3 is 4.74 Å².